The predicted octanol–water partition coefficient (Wildman–Crippen LogP) is 2.13. The fourth-order valence-electron chi connectivity index (χ4n) is 1.88. The van der Waals surface area contributed by atoms with E-state index in [0.717, 1.165) is 5.56 Å². The van der Waals surface area contributed by atoms with Crippen LogP contribution in [0.3, 0.4) is 0 Å². The molecule has 0 saturated heterocycles. The summed E-state index contributed by atoms with van der Waals surface area (Å²) >= 11 is 0. The van der Waals surface area contributed by atoms with Crippen LogP contribution in [0, 0.1) is 0 Å². The van der Waals surface area contributed by atoms with Crippen LogP contribution in [0.25, 0.3) is 0 Å². The van der Waals surface area contributed by atoms with Crippen molar-refractivity contribution < 1.29 is 14.7 Å². The molecule has 0 aliphatic carbocycles. The molecule has 2 rings (SSSR count). The highest BCUT2D eigenvalue weighted by atomic mass is 16.4. The largest absolute Gasteiger partial charge is 0.478 e. The van der Waals surface area contributed by atoms with Gasteiger partial charge in [-0.3, -0.25) is 9.78 Å². The lowest BCUT2D eigenvalue weighted by Gasteiger charge is -2.04. The van der Waals surface area contributed by atoms with E-state index in [-0.39, 0.29) is 17.8 Å². The minimum Gasteiger partial charge on any atom is -0.478 e. The number of hydrogen-bond donors (Lipinski definition) is 1. The van der Waals surface area contributed by atoms with Gasteiger partial charge in [-0.15, -0.1) is 0 Å². The molecule has 1 heterocycles. The van der Waals surface area contributed by atoms with Gasteiger partial charge in [0.25, 0.3) is 0 Å². The number of ketones is 1. The first kappa shape index (κ1) is 13.0. The van der Waals surface area contributed by atoms with Crippen molar-refractivity contribution in [3.05, 3.63) is 65.5 Å². The second kappa shape index (κ2) is 5.91. The molecule has 0 spiro atoms. The third-order valence-electron chi connectivity index (χ3n) is 2.77. The van der Waals surface area contributed by atoms with Crippen LogP contribution in [0.4, 0.5) is 0 Å². The number of rotatable bonds is 5. The van der Waals surface area contributed by atoms with Gasteiger partial charge in [-0.1, -0.05) is 30.3 Å². The number of carboxylic acid groups (broad SMARTS) is 1. The summed E-state index contributed by atoms with van der Waals surface area (Å²) in [5, 5.41) is 9.03. The minimum atomic E-state index is -1.04. The zero-order valence-corrected chi connectivity index (χ0v) is 10.2. The van der Waals surface area contributed by atoms with Crippen LogP contribution in [0.5, 0.6) is 0 Å². The van der Waals surface area contributed by atoms with Crippen LogP contribution < -0.4 is 0 Å². The van der Waals surface area contributed by atoms with E-state index >= 15 is 0 Å². The molecule has 0 aliphatic rings. The first-order chi connectivity index (χ1) is 9.16. The van der Waals surface area contributed by atoms with Gasteiger partial charge in [0, 0.05) is 25.2 Å². The van der Waals surface area contributed by atoms with Crippen LogP contribution in [0.15, 0.2) is 48.8 Å². The van der Waals surface area contributed by atoms with E-state index in [1.54, 1.807) is 0 Å². The molecule has 0 amide bonds. The van der Waals surface area contributed by atoms with E-state index in [1.165, 1.54) is 18.5 Å². The van der Waals surface area contributed by atoms with Crippen molar-refractivity contribution in [2.75, 3.05) is 0 Å². The Bertz CT molecular complexity index is 593. The Balaban J connectivity index is 2.09. The summed E-state index contributed by atoms with van der Waals surface area (Å²) < 4.78 is 0. The first-order valence-electron chi connectivity index (χ1n) is 5.88. The van der Waals surface area contributed by atoms with Gasteiger partial charge in [0.1, 0.15) is 5.78 Å². The summed E-state index contributed by atoms with van der Waals surface area (Å²) in [6.45, 7) is 0. The monoisotopic (exact) mass is 255 g/mol. The first-order valence-corrected chi connectivity index (χ1v) is 5.88. The molecule has 0 aliphatic heterocycles. The van der Waals surface area contributed by atoms with Crippen LogP contribution in [0.2, 0.25) is 0 Å². The molecule has 0 saturated carbocycles. The van der Waals surface area contributed by atoms with Gasteiger partial charge in [0.05, 0.1) is 5.56 Å². The molecule has 0 atom stereocenters. The van der Waals surface area contributed by atoms with Crippen LogP contribution in [0.1, 0.15) is 21.5 Å². The summed E-state index contributed by atoms with van der Waals surface area (Å²) in [4.78, 5) is 26.8. The highest BCUT2D eigenvalue weighted by molar-refractivity contribution is 5.92. The van der Waals surface area contributed by atoms with Crippen LogP contribution in [-0.2, 0) is 17.6 Å². The average Bonchev–Trinajstić information content (AvgIpc) is 2.40. The van der Waals surface area contributed by atoms with Gasteiger partial charge in [0.15, 0.2) is 0 Å². The maximum atomic E-state index is 11.9. The number of carboxylic acids is 1. The number of nitrogens with zero attached hydrogens (tertiary/aromatic N) is 1. The van der Waals surface area contributed by atoms with Crippen molar-refractivity contribution in [2.45, 2.75) is 12.8 Å². The van der Waals surface area contributed by atoms with Gasteiger partial charge in [-0.2, -0.15) is 0 Å². The zero-order valence-electron chi connectivity index (χ0n) is 10.2. The number of aromatic nitrogens is 1. The number of benzene rings is 1. The molecular weight excluding hydrogens is 242 g/mol. The van der Waals surface area contributed by atoms with Gasteiger partial charge < -0.3 is 5.11 Å². The van der Waals surface area contributed by atoms with Crippen molar-refractivity contribution in [1.82, 2.24) is 4.98 Å². The summed E-state index contributed by atoms with van der Waals surface area (Å²) in [5.74, 6) is -1.06. The van der Waals surface area contributed by atoms with E-state index in [1.807, 2.05) is 30.3 Å². The molecule has 0 radical (unpaired) electrons. The third-order valence-corrected chi connectivity index (χ3v) is 2.77. The fourth-order valence-corrected chi connectivity index (χ4v) is 1.88. The minimum absolute atomic E-state index is 0.0262. The Labute approximate surface area is 110 Å². The Hall–Kier alpha value is -2.49. The standard InChI is InChI=1S/C15H13NO3/c17-13(8-11-4-2-1-3-5-11)9-12-10-16-7-6-14(12)15(18)19/h1-7,10H,8-9H2,(H,18,19). The molecule has 96 valence electrons. The van der Waals surface area contributed by atoms with Crippen LogP contribution in [-0.4, -0.2) is 21.8 Å². The van der Waals surface area contributed by atoms with Crippen LogP contribution >= 0.6 is 0 Å². The van der Waals surface area contributed by atoms with Gasteiger partial charge in [-0.25, -0.2) is 4.79 Å². The van der Waals surface area contributed by atoms with Crippen molar-refractivity contribution in [3.8, 4) is 0 Å². The van der Waals surface area contributed by atoms with Crippen molar-refractivity contribution in [2.24, 2.45) is 0 Å². The number of aromatic carboxylic acids is 1. The Kier molecular flexibility index (Phi) is 4.03. The number of hydrogen-bond acceptors (Lipinski definition) is 3. The lowest BCUT2D eigenvalue weighted by molar-refractivity contribution is -0.117. The maximum absolute atomic E-state index is 11.9. The Morgan fingerprint density at radius 1 is 1.05 bits per heavy atom. The van der Waals surface area contributed by atoms with Gasteiger partial charge in [0.2, 0.25) is 0 Å². The molecule has 0 bridgehead atoms. The molecule has 2 aromatic rings. The molecule has 4 nitrogen and oxygen atoms in total. The smallest absolute Gasteiger partial charge is 0.336 e. The third kappa shape index (κ3) is 3.48. The number of pyridine rings is 1. The molecule has 4 heteroatoms. The van der Waals surface area contributed by atoms with Crippen molar-refractivity contribution in [3.63, 3.8) is 0 Å². The molecular formula is C15H13NO3. The topological polar surface area (TPSA) is 67.3 Å². The fraction of sp³-hybridized carbons (Fsp3) is 0.133. The predicted molar refractivity (Wildman–Crippen MR) is 70.1 cm³/mol. The lowest BCUT2D eigenvalue weighted by Crippen LogP contribution is -2.11. The molecule has 0 unspecified atom stereocenters. The number of Topliss-reactive ketones (excluding diaryl/α,β-unsaturated/α-hetero) is 1. The summed E-state index contributed by atoms with van der Waals surface area (Å²) in [6, 6.07) is 10.8. The number of carbonyl (C=O) groups excluding carboxylic acids is 1. The van der Waals surface area contributed by atoms with E-state index in [0.29, 0.717) is 12.0 Å². The summed E-state index contributed by atoms with van der Waals surface area (Å²) in [7, 11) is 0. The molecule has 1 aromatic carbocycles. The zero-order chi connectivity index (χ0) is 13.7. The quantitative estimate of drug-likeness (QED) is 0.888. The van der Waals surface area contributed by atoms with Crippen molar-refractivity contribution >= 4 is 11.8 Å². The molecule has 1 aromatic heterocycles. The van der Waals surface area contributed by atoms with E-state index in [9.17, 15) is 9.59 Å². The highest BCUT2D eigenvalue weighted by Gasteiger charge is 2.13. The lowest BCUT2D eigenvalue weighted by atomic mass is 10.0. The summed E-state index contributed by atoms with van der Waals surface area (Å²) in [5.41, 5.74) is 1.51. The summed E-state index contributed by atoms with van der Waals surface area (Å²) in [6.07, 6.45) is 3.24. The van der Waals surface area contributed by atoms with Gasteiger partial charge in [-0.05, 0) is 17.2 Å². The molecule has 1 N–H and O–H groups in total. The highest BCUT2D eigenvalue weighted by Crippen LogP contribution is 2.10. The van der Waals surface area contributed by atoms with E-state index in [4.69, 9.17) is 5.11 Å². The Morgan fingerprint density at radius 2 is 1.79 bits per heavy atom. The van der Waals surface area contributed by atoms with E-state index in [2.05, 4.69) is 4.98 Å². The molecule has 0 fully saturated rings. The Morgan fingerprint density at radius 3 is 2.47 bits per heavy atom. The maximum Gasteiger partial charge on any atom is 0.336 e. The normalized spacial score (nSPS) is 10.1. The van der Waals surface area contributed by atoms with E-state index < -0.39 is 5.97 Å². The number of carbonyl (C=O) groups is 2. The second-order valence-corrected chi connectivity index (χ2v) is 4.22. The molecule has 19 heavy (non-hydrogen) atoms. The van der Waals surface area contributed by atoms with Gasteiger partial charge >= 0.3 is 5.97 Å². The average molecular weight is 255 g/mol. The SMILES string of the molecule is O=C(Cc1ccccc1)Cc1cnccc1C(=O)O. The second-order valence-electron chi connectivity index (χ2n) is 4.22. The van der Waals surface area contributed by atoms with Crippen molar-refractivity contribution in [1.29, 1.82) is 0 Å².